The second-order valence-electron chi connectivity index (χ2n) is 5.77. The summed E-state index contributed by atoms with van der Waals surface area (Å²) in [4.78, 5) is 14.8. The molecule has 4 aromatic rings. The highest BCUT2D eigenvalue weighted by molar-refractivity contribution is 5.88. The van der Waals surface area contributed by atoms with Gasteiger partial charge in [-0.3, -0.25) is 0 Å². The Morgan fingerprint density at radius 3 is 2.42 bits per heavy atom. The maximum atomic E-state index is 12.4. The van der Waals surface area contributed by atoms with Gasteiger partial charge in [-0.1, -0.05) is 25.1 Å². The van der Waals surface area contributed by atoms with E-state index in [-0.39, 0.29) is 11.3 Å². The third-order valence-corrected chi connectivity index (χ3v) is 3.76. The normalized spacial score (nSPS) is 10.7. The zero-order chi connectivity index (χ0) is 23.2. The first-order valence-corrected chi connectivity index (χ1v) is 9.28. The van der Waals surface area contributed by atoms with Gasteiger partial charge in [0.2, 0.25) is 0 Å². The average Bonchev–Trinajstić information content (AvgIpc) is 3.27. The summed E-state index contributed by atoms with van der Waals surface area (Å²) >= 11 is 0. The molecule has 0 saturated carbocycles. The van der Waals surface area contributed by atoms with Crippen molar-refractivity contribution in [3.8, 4) is 17.3 Å². The van der Waals surface area contributed by atoms with Gasteiger partial charge in [0.05, 0.1) is 23.5 Å². The van der Waals surface area contributed by atoms with Crippen LogP contribution in [0.4, 0.5) is 13.2 Å². The molecule has 0 aliphatic carbocycles. The van der Waals surface area contributed by atoms with E-state index in [1.165, 1.54) is 17.7 Å². The summed E-state index contributed by atoms with van der Waals surface area (Å²) in [6.07, 6.45) is -3.07. The summed E-state index contributed by atoms with van der Waals surface area (Å²) in [6.45, 7) is 9.25. The van der Waals surface area contributed by atoms with Crippen molar-refractivity contribution >= 4 is 22.0 Å². The highest BCUT2D eigenvalue weighted by Crippen LogP contribution is 2.29. The minimum atomic E-state index is -4.82. The Labute approximate surface area is 175 Å². The van der Waals surface area contributed by atoms with Gasteiger partial charge in [-0.25, -0.2) is 9.36 Å². The Kier molecular flexibility index (Phi) is 7.51. The predicted molar refractivity (Wildman–Crippen MR) is 112 cm³/mol. The van der Waals surface area contributed by atoms with Gasteiger partial charge in [0, 0.05) is 12.1 Å². The molecule has 0 unspecified atom stereocenters. The molecule has 2 aromatic heterocycles. The number of rotatable bonds is 3. The number of fused-ring (bicyclic) bond motifs is 2. The number of benzene rings is 2. The molecular weight excluding hydrogens is 415 g/mol. The molecule has 7 nitrogen and oxygen atoms in total. The molecule has 166 valence electrons. The van der Waals surface area contributed by atoms with Crippen LogP contribution >= 0.6 is 0 Å². The van der Waals surface area contributed by atoms with E-state index in [0.717, 1.165) is 12.1 Å². The number of halogens is 3. The van der Waals surface area contributed by atoms with Gasteiger partial charge < -0.3 is 19.0 Å². The van der Waals surface area contributed by atoms with Crippen molar-refractivity contribution in [1.29, 1.82) is 0 Å². The number of methoxy groups -OCH3 is 1. The average molecular weight is 437 g/mol. The fourth-order valence-electron chi connectivity index (χ4n) is 2.69. The number of hydrogen-bond acceptors (Lipinski definition) is 5. The molecule has 0 amide bonds. The molecule has 10 heteroatoms. The lowest BCUT2D eigenvalue weighted by Crippen LogP contribution is -2.17. The van der Waals surface area contributed by atoms with Crippen molar-refractivity contribution in [2.45, 2.75) is 27.1 Å². The minimum absolute atomic E-state index is 0.168. The number of alkyl halides is 3. The first-order chi connectivity index (χ1) is 14.8. The van der Waals surface area contributed by atoms with Gasteiger partial charge in [0.1, 0.15) is 11.5 Å². The Hall–Kier alpha value is -3.69. The topological polar surface area (TPSA) is 82.3 Å². The number of imidazole rings is 1. The quantitative estimate of drug-likeness (QED) is 0.423. The predicted octanol–water partition coefficient (Wildman–Crippen LogP) is 5.59. The number of ether oxygens (including phenoxy) is 2. The molecule has 31 heavy (non-hydrogen) atoms. The largest absolute Gasteiger partial charge is 0.573 e. The second-order valence-corrected chi connectivity index (χ2v) is 5.77. The third-order valence-electron chi connectivity index (χ3n) is 3.76. The molecule has 0 saturated heterocycles. The lowest BCUT2D eigenvalue weighted by molar-refractivity contribution is -0.274. The minimum Gasteiger partial charge on any atom is -0.497 e. The molecule has 2 heterocycles. The van der Waals surface area contributed by atoms with E-state index in [9.17, 15) is 18.0 Å². The molecule has 0 atom stereocenters. The van der Waals surface area contributed by atoms with Crippen LogP contribution in [0.5, 0.6) is 11.5 Å². The van der Waals surface area contributed by atoms with Gasteiger partial charge in [0.25, 0.3) is 0 Å². The Balaban J connectivity index is 0.000000630. The smallest absolute Gasteiger partial charge is 0.497 e. The maximum absolute atomic E-state index is 12.4. The highest BCUT2D eigenvalue weighted by atomic mass is 19.4. The van der Waals surface area contributed by atoms with Gasteiger partial charge in [-0.15, -0.1) is 19.8 Å². The third kappa shape index (κ3) is 5.27. The monoisotopic (exact) mass is 437 g/mol. The number of aromatic nitrogens is 3. The lowest BCUT2D eigenvalue weighted by atomic mass is 10.2. The Morgan fingerprint density at radius 1 is 1.16 bits per heavy atom. The molecule has 0 radical (unpaired) electrons. The van der Waals surface area contributed by atoms with Crippen molar-refractivity contribution in [3.63, 3.8) is 0 Å². The van der Waals surface area contributed by atoms with Crippen LogP contribution in [0.1, 0.15) is 20.8 Å². The van der Waals surface area contributed by atoms with Crippen LogP contribution in [-0.4, -0.2) is 28.2 Å². The highest BCUT2D eigenvalue weighted by Gasteiger charge is 2.31. The van der Waals surface area contributed by atoms with Crippen molar-refractivity contribution < 1.29 is 27.2 Å². The molecule has 0 spiro atoms. The number of aromatic amines is 1. The van der Waals surface area contributed by atoms with Gasteiger partial charge in [-0.2, -0.15) is 0 Å². The molecule has 0 bridgehead atoms. The van der Waals surface area contributed by atoms with E-state index in [1.807, 2.05) is 20.8 Å². The number of nitrogens with one attached hydrogen (secondary N) is 1. The van der Waals surface area contributed by atoms with Crippen LogP contribution in [0.15, 0.2) is 58.4 Å². The summed E-state index contributed by atoms with van der Waals surface area (Å²) in [7, 11) is 1.50. The second kappa shape index (κ2) is 9.88. The zero-order valence-corrected chi connectivity index (χ0v) is 17.4. The van der Waals surface area contributed by atoms with Gasteiger partial charge >= 0.3 is 12.1 Å². The van der Waals surface area contributed by atoms with Crippen LogP contribution in [0.25, 0.3) is 27.8 Å². The number of allylic oxidation sites excluding steroid dienone is 1. The van der Waals surface area contributed by atoms with E-state index in [0.29, 0.717) is 22.2 Å². The van der Waals surface area contributed by atoms with Gasteiger partial charge in [0.15, 0.2) is 11.4 Å². The van der Waals surface area contributed by atoms with E-state index in [1.54, 1.807) is 24.3 Å². The molecule has 4 rings (SSSR count). The molecule has 2 aromatic carbocycles. The summed E-state index contributed by atoms with van der Waals surface area (Å²) in [5.74, 6) is 0.331. The Morgan fingerprint density at radius 2 is 1.81 bits per heavy atom. The van der Waals surface area contributed by atoms with Crippen LogP contribution in [0.3, 0.4) is 0 Å². The van der Waals surface area contributed by atoms with Crippen LogP contribution in [0, 0.1) is 0 Å². The lowest BCUT2D eigenvalue weighted by Gasteiger charge is -2.08. The zero-order valence-electron chi connectivity index (χ0n) is 17.4. The van der Waals surface area contributed by atoms with Crippen molar-refractivity contribution in [1.82, 2.24) is 14.7 Å². The van der Waals surface area contributed by atoms with Crippen molar-refractivity contribution in [2.75, 3.05) is 7.11 Å². The van der Waals surface area contributed by atoms with Crippen LogP contribution in [0.2, 0.25) is 0 Å². The summed E-state index contributed by atoms with van der Waals surface area (Å²) in [6, 6.07) is 8.50. The number of hydrogen-bond donors (Lipinski definition) is 1. The van der Waals surface area contributed by atoms with E-state index in [4.69, 9.17) is 9.26 Å². The molecular formula is C21H22F3N3O4. The van der Waals surface area contributed by atoms with E-state index >= 15 is 0 Å². The first-order valence-electron chi connectivity index (χ1n) is 9.28. The van der Waals surface area contributed by atoms with Crippen molar-refractivity contribution in [3.05, 3.63) is 59.5 Å². The summed E-state index contributed by atoms with van der Waals surface area (Å²) in [5, 5.41) is 4.45. The number of nitrogens with zero attached hydrogens (tertiary/aromatic N) is 2. The summed E-state index contributed by atoms with van der Waals surface area (Å²) < 4.78 is 52.5. The SMILES string of the molecule is C=CC.CC.COc1ccc2c(-n3c(=O)[nH]c4cc(OC(F)(F)F)ccc43)noc2c1. The van der Waals surface area contributed by atoms with E-state index < -0.39 is 17.8 Å². The van der Waals surface area contributed by atoms with Crippen LogP contribution < -0.4 is 15.2 Å². The molecule has 0 aliphatic rings. The molecule has 1 N–H and O–H groups in total. The number of H-pyrrole nitrogens is 1. The first kappa shape index (κ1) is 23.6. The molecule has 0 aliphatic heterocycles. The maximum Gasteiger partial charge on any atom is 0.573 e. The fraction of sp³-hybridized carbons (Fsp3) is 0.238. The molecule has 0 fully saturated rings. The van der Waals surface area contributed by atoms with E-state index in [2.05, 4.69) is 21.5 Å². The van der Waals surface area contributed by atoms with Gasteiger partial charge in [-0.05, 0) is 31.2 Å². The Bertz CT molecular complexity index is 1220. The van der Waals surface area contributed by atoms with Crippen molar-refractivity contribution in [2.24, 2.45) is 0 Å². The summed E-state index contributed by atoms with van der Waals surface area (Å²) in [5.41, 5.74) is 0.324. The fourth-order valence-corrected chi connectivity index (χ4v) is 2.69. The van der Waals surface area contributed by atoms with Crippen LogP contribution in [-0.2, 0) is 0 Å². The standard InChI is InChI=1S/C16H10F3N3O4.C3H6.C2H6/c1-24-8-2-4-10-13(7-8)26-21-14(10)22-12-5-3-9(25-16(17,18)19)6-11(12)20-15(22)23;1-3-2;1-2/h2-7H,1H3,(H,20,23);3H,1H2,2H3;1-2H3.